The van der Waals surface area contributed by atoms with Crippen molar-refractivity contribution in [1.29, 1.82) is 0 Å². The number of carbonyl (C=O) groups excluding carboxylic acids is 2. The lowest BCUT2D eigenvalue weighted by molar-refractivity contribution is -0.140. The number of sulfonamides is 1. The predicted molar refractivity (Wildman–Crippen MR) is 137 cm³/mol. The van der Waals surface area contributed by atoms with E-state index in [1.165, 1.54) is 9.71 Å². The van der Waals surface area contributed by atoms with Gasteiger partial charge in [0, 0.05) is 56.7 Å². The fourth-order valence-corrected chi connectivity index (χ4v) is 5.59. The molecule has 0 N–H and O–H groups in total. The number of piperazine rings is 1. The summed E-state index contributed by atoms with van der Waals surface area (Å²) in [6, 6.07) is 19.0. The van der Waals surface area contributed by atoms with Gasteiger partial charge < -0.3 is 9.80 Å². The first kappa shape index (κ1) is 24.9. The van der Waals surface area contributed by atoms with Crippen LogP contribution in [0.4, 0.5) is 0 Å². The van der Waals surface area contributed by atoms with Gasteiger partial charge in [0.2, 0.25) is 21.8 Å². The van der Waals surface area contributed by atoms with Crippen LogP contribution in [0.3, 0.4) is 0 Å². The highest BCUT2D eigenvalue weighted by atomic mass is 32.2. The average Bonchev–Trinajstić information content (AvgIpc) is 2.91. The van der Waals surface area contributed by atoms with E-state index in [0.717, 1.165) is 11.1 Å². The molecule has 4 rings (SSSR count). The van der Waals surface area contributed by atoms with Gasteiger partial charge in [-0.15, -0.1) is 0 Å². The van der Waals surface area contributed by atoms with Crippen molar-refractivity contribution in [2.24, 2.45) is 5.92 Å². The van der Waals surface area contributed by atoms with Crippen molar-refractivity contribution in [2.45, 2.75) is 12.8 Å². The van der Waals surface area contributed by atoms with Crippen molar-refractivity contribution in [3.05, 3.63) is 83.3 Å². The Hall–Kier alpha value is -3.23. The minimum atomic E-state index is -3.53. The van der Waals surface area contributed by atoms with Gasteiger partial charge in [0.05, 0.1) is 0 Å². The van der Waals surface area contributed by atoms with Crippen LogP contribution < -0.4 is 0 Å². The molecule has 2 aliphatic rings. The Balaban J connectivity index is 1.24. The topological polar surface area (TPSA) is 78.0 Å². The molecule has 2 fully saturated rings. The zero-order valence-corrected chi connectivity index (χ0v) is 20.5. The summed E-state index contributed by atoms with van der Waals surface area (Å²) in [5.74, 6) is -0.103. The normalized spacial score (nSPS) is 18.4. The molecule has 2 saturated heterocycles. The molecule has 2 aliphatic heterocycles. The first-order chi connectivity index (χ1) is 16.9. The average molecular weight is 494 g/mol. The summed E-state index contributed by atoms with van der Waals surface area (Å²) in [7, 11) is -3.53. The molecule has 2 aromatic carbocycles. The summed E-state index contributed by atoms with van der Waals surface area (Å²) in [6.45, 7) is 2.44. The van der Waals surface area contributed by atoms with Crippen LogP contribution in [0, 0.1) is 5.92 Å². The minimum absolute atomic E-state index is 0.0397. The van der Waals surface area contributed by atoms with Crippen molar-refractivity contribution in [3.63, 3.8) is 0 Å². The maximum Gasteiger partial charge on any atom is 0.246 e. The van der Waals surface area contributed by atoms with Gasteiger partial charge in [0.1, 0.15) is 0 Å². The summed E-state index contributed by atoms with van der Waals surface area (Å²) < 4.78 is 26.8. The van der Waals surface area contributed by atoms with E-state index in [1.807, 2.05) is 66.7 Å². The molecule has 0 unspecified atom stereocenters. The number of likely N-dealkylation sites (tertiary alicyclic amines) is 1. The van der Waals surface area contributed by atoms with Crippen molar-refractivity contribution >= 4 is 34.0 Å². The second-order valence-corrected chi connectivity index (χ2v) is 10.6. The summed E-state index contributed by atoms with van der Waals surface area (Å²) in [5.41, 5.74) is 1.80. The number of carbonyl (C=O) groups is 2. The molecule has 0 spiro atoms. The van der Waals surface area contributed by atoms with E-state index in [4.69, 9.17) is 0 Å². The van der Waals surface area contributed by atoms with E-state index in [-0.39, 0.29) is 30.8 Å². The van der Waals surface area contributed by atoms with Gasteiger partial charge in [-0.05, 0) is 36.1 Å². The van der Waals surface area contributed by atoms with E-state index in [1.54, 1.807) is 22.0 Å². The van der Waals surface area contributed by atoms with Crippen molar-refractivity contribution in [1.82, 2.24) is 14.1 Å². The second kappa shape index (κ2) is 11.5. The molecule has 0 bridgehead atoms. The van der Waals surface area contributed by atoms with Gasteiger partial charge in [-0.25, -0.2) is 8.42 Å². The first-order valence-corrected chi connectivity index (χ1v) is 13.5. The van der Waals surface area contributed by atoms with Crippen LogP contribution in [0.25, 0.3) is 12.2 Å². The lowest BCUT2D eigenvalue weighted by Crippen LogP contribution is -2.52. The van der Waals surface area contributed by atoms with Crippen LogP contribution in [0.2, 0.25) is 0 Å². The predicted octanol–water partition coefficient (Wildman–Crippen LogP) is 3.08. The maximum absolute atomic E-state index is 13.0. The second-order valence-electron chi connectivity index (χ2n) is 8.83. The van der Waals surface area contributed by atoms with E-state index in [9.17, 15) is 18.0 Å². The number of piperidine rings is 1. The maximum atomic E-state index is 13.0. The van der Waals surface area contributed by atoms with Gasteiger partial charge in [0.25, 0.3) is 0 Å². The van der Waals surface area contributed by atoms with Crippen LogP contribution >= 0.6 is 0 Å². The van der Waals surface area contributed by atoms with Crippen molar-refractivity contribution in [2.75, 3.05) is 39.3 Å². The van der Waals surface area contributed by atoms with Gasteiger partial charge in [-0.2, -0.15) is 4.31 Å². The number of rotatable bonds is 6. The van der Waals surface area contributed by atoms with Crippen LogP contribution in [-0.4, -0.2) is 73.6 Å². The molecule has 0 saturated carbocycles. The summed E-state index contributed by atoms with van der Waals surface area (Å²) in [6.07, 6.45) is 6.24. The van der Waals surface area contributed by atoms with Gasteiger partial charge in [-0.1, -0.05) is 60.7 Å². The number of benzene rings is 2. The summed E-state index contributed by atoms with van der Waals surface area (Å²) in [4.78, 5) is 29.1. The molecule has 2 amide bonds. The van der Waals surface area contributed by atoms with E-state index in [0.29, 0.717) is 39.0 Å². The molecular weight excluding hydrogens is 462 g/mol. The molecular formula is C27H31N3O4S. The number of nitrogens with zero attached hydrogens (tertiary/aromatic N) is 3. The third kappa shape index (κ3) is 6.68. The Morgan fingerprint density at radius 3 is 1.83 bits per heavy atom. The Bertz CT molecular complexity index is 1160. The summed E-state index contributed by atoms with van der Waals surface area (Å²) >= 11 is 0. The van der Waals surface area contributed by atoms with Crippen LogP contribution in [0.1, 0.15) is 24.0 Å². The smallest absolute Gasteiger partial charge is 0.246 e. The first-order valence-electron chi connectivity index (χ1n) is 12.0. The fraction of sp³-hybridized carbons (Fsp3) is 0.333. The molecule has 184 valence electrons. The molecule has 2 heterocycles. The molecule has 35 heavy (non-hydrogen) atoms. The quantitative estimate of drug-likeness (QED) is 0.580. The van der Waals surface area contributed by atoms with Gasteiger partial charge >= 0.3 is 0 Å². The Kier molecular flexibility index (Phi) is 8.15. The summed E-state index contributed by atoms with van der Waals surface area (Å²) in [5, 5.41) is 1.23. The molecule has 2 aromatic rings. The number of hydrogen-bond acceptors (Lipinski definition) is 4. The molecule has 8 heteroatoms. The van der Waals surface area contributed by atoms with E-state index >= 15 is 0 Å². The number of amides is 2. The fourth-order valence-electron chi connectivity index (χ4n) is 4.42. The van der Waals surface area contributed by atoms with Crippen LogP contribution in [0.5, 0.6) is 0 Å². The monoisotopic (exact) mass is 493 g/mol. The van der Waals surface area contributed by atoms with Crippen molar-refractivity contribution < 1.29 is 18.0 Å². The largest absolute Gasteiger partial charge is 0.340 e. The third-order valence-electron chi connectivity index (χ3n) is 6.52. The highest BCUT2D eigenvalue weighted by Gasteiger charge is 2.33. The van der Waals surface area contributed by atoms with Gasteiger partial charge in [-0.3, -0.25) is 9.59 Å². The Morgan fingerprint density at radius 1 is 0.714 bits per heavy atom. The molecule has 0 aliphatic carbocycles. The zero-order chi connectivity index (χ0) is 24.7. The van der Waals surface area contributed by atoms with E-state index in [2.05, 4.69) is 0 Å². The Labute approximate surface area is 207 Å². The lowest BCUT2D eigenvalue weighted by atomic mass is 9.95. The Morgan fingerprint density at radius 2 is 1.26 bits per heavy atom. The molecule has 7 nitrogen and oxygen atoms in total. The van der Waals surface area contributed by atoms with Gasteiger partial charge in [0.15, 0.2) is 0 Å². The van der Waals surface area contributed by atoms with Crippen LogP contribution in [0.15, 0.2) is 72.1 Å². The molecule has 0 aromatic heterocycles. The SMILES string of the molecule is O=C(C=Cc1ccccc1)N1CCC(C(=O)N2CCN(S(=O)(=O)C=Cc3ccccc3)CC2)CC1. The highest BCUT2D eigenvalue weighted by Crippen LogP contribution is 2.22. The van der Waals surface area contributed by atoms with Crippen molar-refractivity contribution in [3.8, 4) is 0 Å². The third-order valence-corrected chi connectivity index (χ3v) is 8.08. The lowest BCUT2D eigenvalue weighted by Gasteiger charge is -2.37. The highest BCUT2D eigenvalue weighted by molar-refractivity contribution is 7.92. The molecule has 0 atom stereocenters. The standard InChI is InChI=1S/C27H31N3O4S/c31-26(12-11-23-7-3-1-4-8-23)28-16-13-25(14-17-28)27(32)29-18-20-30(21-19-29)35(33,34)22-15-24-9-5-2-6-10-24/h1-12,15,22,25H,13-14,16-21H2. The zero-order valence-electron chi connectivity index (χ0n) is 19.7. The minimum Gasteiger partial charge on any atom is -0.340 e. The number of hydrogen-bond donors (Lipinski definition) is 0. The van der Waals surface area contributed by atoms with Crippen LogP contribution in [-0.2, 0) is 19.6 Å². The molecule has 0 radical (unpaired) electrons. The van der Waals surface area contributed by atoms with E-state index < -0.39 is 10.0 Å².